The summed E-state index contributed by atoms with van der Waals surface area (Å²) in [5.74, 6) is -0.115. The predicted octanol–water partition coefficient (Wildman–Crippen LogP) is 2.59. The lowest BCUT2D eigenvalue weighted by Crippen LogP contribution is -2.44. The maximum atomic E-state index is 12.4. The van der Waals surface area contributed by atoms with E-state index in [9.17, 15) is 14.4 Å². The van der Waals surface area contributed by atoms with Crippen LogP contribution in [0.2, 0.25) is 0 Å². The van der Waals surface area contributed by atoms with E-state index in [-0.39, 0.29) is 29.3 Å². The number of hydrogen-bond donors (Lipinski definition) is 3. The highest BCUT2D eigenvalue weighted by molar-refractivity contribution is 5.96. The normalized spacial score (nSPS) is 15.2. The Labute approximate surface area is 160 Å². The first-order chi connectivity index (χ1) is 12.8. The number of nitrogens with one attached hydrogen (secondary N) is 3. The van der Waals surface area contributed by atoms with E-state index in [2.05, 4.69) is 16.0 Å². The van der Waals surface area contributed by atoms with Gasteiger partial charge in [0.1, 0.15) is 0 Å². The van der Waals surface area contributed by atoms with Crippen molar-refractivity contribution in [2.45, 2.75) is 45.6 Å². The van der Waals surface area contributed by atoms with Crippen molar-refractivity contribution in [3.05, 3.63) is 29.8 Å². The SMILES string of the molecule is CCC(C)(C)NC(=O)c1ccc(NC(=O)N2CCC(C(=O)NC)CC2)cc1. The number of likely N-dealkylation sites (tertiary alicyclic amines) is 1. The minimum absolute atomic E-state index is 0.0239. The molecule has 148 valence electrons. The van der Waals surface area contributed by atoms with Gasteiger partial charge in [0.2, 0.25) is 5.91 Å². The van der Waals surface area contributed by atoms with Crippen LogP contribution in [-0.4, -0.2) is 48.4 Å². The summed E-state index contributed by atoms with van der Waals surface area (Å²) < 4.78 is 0. The van der Waals surface area contributed by atoms with Gasteiger partial charge in [0, 0.05) is 42.8 Å². The van der Waals surface area contributed by atoms with Gasteiger partial charge in [0.15, 0.2) is 0 Å². The van der Waals surface area contributed by atoms with Gasteiger partial charge in [-0.15, -0.1) is 0 Å². The van der Waals surface area contributed by atoms with Crippen molar-refractivity contribution in [3.8, 4) is 0 Å². The Morgan fingerprint density at radius 3 is 2.22 bits per heavy atom. The molecule has 7 heteroatoms. The van der Waals surface area contributed by atoms with Gasteiger partial charge in [-0.1, -0.05) is 6.92 Å². The van der Waals surface area contributed by atoms with Crippen molar-refractivity contribution in [1.82, 2.24) is 15.5 Å². The van der Waals surface area contributed by atoms with Crippen LogP contribution in [0.3, 0.4) is 0 Å². The predicted molar refractivity (Wildman–Crippen MR) is 106 cm³/mol. The summed E-state index contributed by atoms with van der Waals surface area (Å²) in [5.41, 5.74) is 0.936. The van der Waals surface area contributed by atoms with Gasteiger partial charge in [-0.2, -0.15) is 0 Å². The van der Waals surface area contributed by atoms with Crippen molar-refractivity contribution in [3.63, 3.8) is 0 Å². The van der Waals surface area contributed by atoms with Gasteiger partial charge < -0.3 is 20.9 Å². The van der Waals surface area contributed by atoms with Gasteiger partial charge in [-0.25, -0.2) is 4.79 Å². The van der Waals surface area contributed by atoms with Crippen LogP contribution in [0.4, 0.5) is 10.5 Å². The minimum atomic E-state index is -0.259. The Hall–Kier alpha value is -2.57. The Bertz CT molecular complexity index is 677. The van der Waals surface area contributed by atoms with Crippen molar-refractivity contribution in [2.75, 3.05) is 25.5 Å². The Balaban J connectivity index is 1.88. The van der Waals surface area contributed by atoms with Crippen molar-refractivity contribution in [2.24, 2.45) is 5.92 Å². The number of amides is 4. The highest BCUT2D eigenvalue weighted by atomic mass is 16.2. The number of anilines is 1. The van der Waals surface area contributed by atoms with E-state index in [1.54, 1.807) is 36.2 Å². The minimum Gasteiger partial charge on any atom is -0.359 e. The molecule has 0 aromatic heterocycles. The lowest BCUT2D eigenvalue weighted by molar-refractivity contribution is -0.125. The molecule has 0 saturated carbocycles. The quantitative estimate of drug-likeness (QED) is 0.740. The molecule has 1 aliphatic heterocycles. The number of carbonyl (C=O) groups is 3. The second kappa shape index (κ2) is 8.88. The molecule has 0 bridgehead atoms. The molecule has 2 rings (SSSR count). The van der Waals surface area contributed by atoms with E-state index in [4.69, 9.17) is 0 Å². The topological polar surface area (TPSA) is 90.5 Å². The smallest absolute Gasteiger partial charge is 0.321 e. The fourth-order valence-electron chi connectivity index (χ4n) is 2.92. The first kappa shape index (κ1) is 20.7. The zero-order chi connectivity index (χ0) is 20.0. The molecule has 1 aromatic rings. The van der Waals surface area contributed by atoms with E-state index in [1.807, 2.05) is 20.8 Å². The lowest BCUT2D eigenvalue weighted by Gasteiger charge is -2.31. The molecule has 0 aliphatic carbocycles. The van der Waals surface area contributed by atoms with E-state index < -0.39 is 0 Å². The number of benzene rings is 1. The van der Waals surface area contributed by atoms with Crippen molar-refractivity contribution >= 4 is 23.5 Å². The van der Waals surface area contributed by atoms with Crippen LogP contribution in [0, 0.1) is 5.92 Å². The number of hydrogen-bond acceptors (Lipinski definition) is 3. The summed E-state index contributed by atoms with van der Waals surface area (Å²) in [7, 11) is 1.63. The first-order valence-electron chi connectivity index (χ1n) is 9.46. The zero-order valence-corrected chi connectivity index (χ0v) is 16.6. The van der Waals surface area contributed by atoms with Crippen LogP contribution in [-0.2, 0) is 4.79 Å². The van der Waals surface area contributed by atoms with Crippen molar-refractivity contribution in [1.29, 1.82) is 0 Å². The second-order valence-corrected chi connectivity index (χ2v) is 7.57. The standard InChI is InChI=1S/C20H30N4O3/c1-5-20(2,3)23-18(26)14-6-8-16(9-7-14)22-19(27)24-12-10-15(11-13-24)17(25)21-4/h6-9,15H,5,10-13H2,1-4H3,(H,21,25)(H,22,27)(H,23,26). The third-order valence-corrected chi connectivity index (χ3v) is 5.13. The van der Waals surface area contributed by atoms with Gasteiger partial charge in [-0.05, 0) is 57.4 Å². The molecule has 1 saturated heterocycles. The molecule has 0 radical (unpaired) electrons. The fourth-order valence-corrected chi connectivity index (χ4v) is 2.92. The summed E-state index contributed by atoms with van der Waals surface area (Å²) in [6.07, 6.45) is 2.17. The molecule has 0 spiro atoms. The number of urea groups is 1. The van der Waals surface area contributed by atoms with Gasteiger partial charge in [0.25, 0.3) is 5.91 Å². The Kier molecular flexibility index (Phi) is 6.82. The molecule has 0 atom stereocenters. The van der Waals surface area contributed by atoms with E-state index >= 15 is 0 Å². The van der Waals surface area contributed by atoms with Gasteiger partial charge in [0.05, 0.1) is 0 Å². The number of nitrogens with zero attached hydrogens (tertiary/aromatic N) is 1. The van der Waals surface area contributed by atoms with Crippen LogP contribution >= 0.6 is 0 Å². The van der Waals surface area contributed by atoms with Crippen LogP contribution < -0.4 is 16.0 Å². The second-order valence-electron chi connectivity index (χ2n) is 7.57. The highest BCUT2D eigenvalue weighted by Crippen LogP contribution is 2.19. The summed E-state index contributed by atoms with van der Waals surface area (Å²) in [5, 5.41) is 8.49. The van der Waals surface area contributed by atoms with E-state index in [1.165, 1.54) is 0 Å². The molecule has 1 fully saturated rings. The summed E-state index contributed by atoms with van der Waals surface area (Å²) in [6.45, 7) is 7.09. The molecular weight excluding hydrogens is 344 g/mol. The largest absolute Gasteiger partial charge is 0.359 e. The monoisotopic (exact) mass is 374 g/mol. The third-order valence-electron chi connectivity index (χ3n) is 5.13. The Morgan fingerprint density at radius 1 is 1.11 bits per heavy atom. The number of rotatable bonds is 5. The fraction of sp³-hybridized carbons (Fsp3) is 0.550. The third kappa shape index (κ3) is 5.70. The van der Waals surface area contributed by atoms with Crippen LogP contribution in [0.5, 0.6) is 0 Å². The van der Waals surface area contributed by atoms with Crippen LogP contribution in [0.25, 0.3) is 0 Å². The molecule has 1 aromatic carbocycles. The maximum Gasteiger partial charge on any atom is 0.321 e. The maximum absolute atomic E-state index is 12.4. The Morgan fingerprint density at radius 2 is 1.70 bits per heavy atom. The molecule has 1 aliphatic rings. The zero-order valence-electron chi connectivity index (χ0n) is 16.6. The number of carbonyl (C=O) groups excluding carboxylic acids is 3. The van der Waals surface area contributed by atoms with Crippen molar-refractivity contribution < 1.29 is 14.4 Å². The molecule has 1 heterocycles. The summed E-state index contributed by atoms with van der Waals surface area (Å²) >= 11 is 0. The van der Waals surface area contributed by atoms with Gasteiger partial charge >= 0.3 is 6.03 Å². The molecule has 0 unspecified atom stereocenters. The molecule has 4 amide bonds. The highest BCUT2D eigenvalue weighted by Gasteiger charge is 2.26. The average molecular weight is 374 g/mol. The average Bonchev–Trinajstić information content (AvgIpc) is 2.67. The van der Waals surface area contributed by atoms with E-state index in [0.717, 1.165) is 6.42 Å². The van der Waals surface area contributed by atoms with Crippen LogP contribution in [0.15, 0.2) is 24.3 Å². The summed E-state index contributed by atoms with van der Waals surface area (Å²) in [6, 6.07) is 6.67. The molecule has 3 N–H and O–H groups in total. The van der Waals surface area contributed by atoms with E-state index in [0.29, 0.717) is 37.2 Å². The van der Waals surface area contributed by atoms with Crippen LogP contribution in [0.1, 0.15) is 50.4 Å². The van der Waals surface area contributed by atoms with Gasteiger partial charge in [-0.3, -0.25) is 9.59 Å². The lowest BCUT2D eigenvalue weighted by atomic mass is 9.96. The first-order valence-corrected chi connectivity index (χ1v) is 9.46. The number of piperidine rings is 1. The molecular formula is C20H30N4O3. The molecule has 27 heavy (non-hydrogen) atoms. The summed E-state index contributed by atoms with van der Waals surface area (Å²) in [4.78, 5) is 38.0. The molecule has 7 nitrogen and oxygen atoms in total.